The standard InChI is InChI=1S/C30H40N9O9P/c31-30-37-27-26(29(43)38-30)35-18-39(27)25-14-22(40)23(48-25)16-47-49(44,45)46-11-7-2-1-6-10-33-28(42)21(13-20-15-32-17-34-20)36-24(41)12-19-8-4-3-5-9-19/h3-5,8-9,15,17-18,21-23,25,40H,1-2,6-7,10-14,16H2,(H,32,34)(H,33,42)(H,36,41)(H,44,45)(H3,31,37,38,43)/t21?,22-,23+,25+/m0/s1. The van der Waals surface area contributed by atoms with Gasteiger partial charge in [-0.05, 0) is 18.4 Å². The Labute approximate surface area is 280 Å². The lowest BCUT2D eigenvalue weighted by Crippen LogP contribution is -2.48. The first-order valence-electron chi connectivity index (χ1n) is 15.8. The molecule has 3 aromatic heterocycles. The number of rotatable bonds is 18. The van der Waals surface area contributed by atoms with Crippen LogP contribution in [0.1, 0.15) is 49.6 Å². The van der Waals surface area contributed by atoms with Crippen LogP contribution in [-0.4, -0.2) is 89.3 Å². The molecule has 2 unspecified atom stereocenters. The summed E-state index contributed by atoms with van der Waals surface area (Å²) in [6, 6.07) is 8.48. The molecule has 4 heterocycles. The number of aliphatic hydroxyl groups excluding tert-OH is 1. The molecule has 264 valence electrons. The van der Waals surface area contributed by atoms with Crippen molar-refractivity contribution >= 4 is 36.7 Å². The second-order valence-electron chi connectivity index (χ2n) is 11.6. The number of aliphatic hydroxyl groups is 1. The zero-order chi connectivity index (χ0) is 34.8. The molecule has 1 saturated heterocycles. The van der Waals surface area contributed by atoms with Crippen LogP contribution in [0.3, 0.4) is 0 Å². The van der Waals surface area contributed by atoms with Gasteiger partial charge in [-0.25, -0.2) is 14.5 Å². The molecule has 0 spiro atoms. The van der Waals surface area contributed by atoms with E-state index in [0.717, 1.165) is 5.56 Å². The van der Waals surface area contributed by atoms with Gasteiger partial charge in [0.2, 0.25) is 17.8 Å². The minimum Gasteiger partial charge on any atom is -0.390 e. The van der Waals surface area contributed by atoms with Crippen LogP contribution in [0.2, 0.25) is 0 Å². The number of aromatic nitrogens is 6. The number of carbonyl (C=O) groups is 2. The van der Waals surface area contributed by atoms with Crippen molar-refractivity contribution in [2.75, 3.05) is 25.5 Å². The molecule has 0 saturated carbocycles. The summed E-state index contributed by atoms with van der Waals surface area (Å²) < 4.78 is 29.8. The normalized spacial score (nSPS) is 19.4. The highest BCUT2D eigenvalue weighted by atomic mass is 31.2. The molecule has 2 amide bonds. The van der Waals surface area contributed by atoms with Crippen molar-refractivity contribution in [2.24, 2.45) is 0 Å². The Morgan fingerprint density at radius 2 is 1.98 bits per heavy atom. The number of nitrogens with two attached hydrogens (primary N) is 1. The summed E-state index contributed by atoms with van der Waals surface area (Å²) in [6.07, 6.45) is 4.71. The molecule has 5 atom stereocenters. The fraction of sp³-hybridized carbons (Fsp3) is 0.467. The lowest BCUT2D eigenvalue weighted by atomic mass is 10.1. The van der Waals surface area contributed by atoms with Gasteiger partial charge in [-0.1, -0.05) is 43.2 Å². The number of anilines is 1. The summed E-state index contributed by atoms with van der Waals surface area (Å²) in [5.74, 6) is -0.678. The fourth-order valence-corrected chi connectivity index (χ4v) is 6.11. The lowest BCUT2D eigenvalue weighted by molar-refractivity contribution is -0.128. The molecule has 5 rings (SSSR count). The molecule has 0 bridgehead atoms. The van der Waals surface area contributed by atoms with E-state index in [1.165, 1.54) is 17.2 Å². The topological polar surface area (TPSA) is 262 Å². The number of H-pyrrole nitrogens is 2. The van der Waals surface area contributed by atoms with Crippen molar-refractivity contribution in [1.82, 2.24) is 40.1 Å². The number of phosphoric ester groups is 1. The maximum atomic E-state index is 12.9. The van der Waals surface area contributed by atoms with Gasteiger partial charge in [0.25, 0.3) is 5.56 Å². The molecule has 8 N–H and O–H groups in total. The van der Waals surface area contributed by atoms with Crippen LogP contribution in [0.5, 0.6) is 0 Å². The summed E-state index contributed by atoms with van der Waals surface area (Å²) >= 11 is 0. The molecule has 4 aromatic rings. The maximum absolute atomic E-state index is 12.9. The van der Waals surface area contributed by atoms with E-state index in [9.17, 15) is 28.9 Å². The fourth-order valence-electron chi connectivity index (χ4n) is 5.34. The smallest absolute Gasteiger partial charge is 0.390 e. The average molecular weight is 702 g/mol. The SMILES string of the molecule is Nc1nc2c(ncn2[C@H]2C[C@H](O)[C@@H](COP(=O)(O)OCCCCCCNC(=O)C(Cc3cnc[nH]3)NC(=O)Cc3ccccc3)O2)c(=O)[nH]1. The molecule has 49 heavy (non-hydrogen) atoms. The molecule has 19 heteroatoms. The third kappa shape index (κ3) is 10.3. The second-order valence-corrected chi connectivity index (χ2v) is 13.0. The predicted octanol–water partition coefficient (Wildman–Crippen LogP) is 0.854. The van der Waals surface area contributed by atoms with E-state index in [0.29, 0.717) is 37.9 Å². The maximum Gasteiger partial charge on any atom is 0.472 e. The van der Waals surface area contributed by atoms with Gasteiger partial charge in [0, 0.05) is 31.3 Å². The summed E-state index contributed by atoms with van der Waals surface area (Å²) in [6.45, 7) is -0.0734. The molecular weight excluding hydrogens is 661 g/mol. The number of phosphoric acid groups is 1. The Bertz CT molecular complexity index is 1780. The van der Waals surface area contributed by atoms with E-state index in [-0.39, 0.29) is 54.8 Å². The number of carbonyl (C=O) groups excluding carboxylic acids is 2. The molecule has 0 radical (unpaired) electrons. The van der Waals surface area contributed by atoms with E-state index in [4.69, 9.17) is 19.5 Å². The number of unbranched alkanes of at least 4 members (excludes halogenated alkanes) is 3. The van der Waals surface area contributed by atoms with Gasteiger partial charge in [0.15, 0.2) is 11.2 Å². The van der Waals surface area contributed by atoms with Crippen LogP contribution >= 0.6 is 7.82 Å². The highest BCUT2D eigenvalue weighted by Gasteiger charge is 2.38. The number of nitrogens with one attached hydrogen (secondary N) is 4. The number of imidazole rings is 2. The third-order valence-electron chi connectivity index (χ3n) is 7.83. The Balaban J connectivity index is 0.970. The van der Waals surface area contributed by atoms with Gasteiger partial charge >= 0.3 is 7.82 Å². The molecule has 1 aliphatic heterocycles. The highest BCUT2D eigenvalue weighted by Crippen LogP contribution is 2.44. The summed E-state index contributed by atoms with van der Waals surface area (Å²) in [5, 5.41) is 16.1. The minimum absolute atomic E-state index is 0.0425. The van der Waals surface area contributed by atoms with E-state index < -0.39 is 44.5 Å². The van der Waals surface area contributed by atoms with Crippen LogP contribution in [0.25, 0.3) is 11.2 Å². The van der Waals surface area contributed by atoms with Gasteiger partial charge in [-0.3, -0.25) is 33.0 Å². The predicted molar refractivity (Wildman–Crippen MR) is 175 cm³/mol. The first-order chi connectivity index (χ1) is 23.6. The van der Waals surface area contributed by atoms with Gasteiger partial charge in [0.05, 0.1) is 38.4 Å². The van der Waals surface area contributed by atoms with Gasteiger partial charge in [-0.2, -0.15) is 4.98 Å². The highest BCUT2D eigenvalue weighted by molar-refractivity contribution is 7.47. The number of fused-ring (bicyclic) bond motifs is 1. The van der Waals surface area contributed by atoms with Crippen LogP contribution in [0.4, 0.5) is 5.95 Å². The van der Waals surface area contributed by atoms with Crippen molar-refractivity contribution in [3.05, 3.63) is 70.8 Å². The summed E-state index contributed by atoms with van der Waals surface area (Å²) in [5.41, 5.74) is 6.91. The summed E-state index contributed by atoms with van der Waals surface area (Å²) in [7, 11) is -4.43. The Kier molecular flexibility index (Phi) is 12.3. The van der Waals surface area contributed by atoms with E-state index in [1.807, 2.05) is 30.3 Å². The van der Waals surface area contributed by atoms with E-state index in [2.05, 4.69) is 35.6 Å². The molecule has 18 nitrogen and oxygen atoms in total. The van der Waals surface area contributed by atoms with Crippen molar-refractivity contribution < 1.29 is 37.9 Å². The number of hydrogen-bond donors (Lipinski definition) is 7. The number of hydrogen-bond acceptors (Lipinski definition) is 12. The molecular formula is C30H40N9O9P. The number of benzene rings is 1. The van der Waals surface area contributed by atoms with E-state index in [1.54, 1.807) is 6.20 Å². The van der Waals surface area contributed by atoms with Crippen LogP contribution in [0, 0.1) is 0 Å². The average Bonchev–Trinajstić information content (AvgIpc) is 3.82. The largest absolute Gasteiger partial charge is 0.472 e. The zero-order valence-corrected chi connectivity index (χ0v) is 27.5. The molecule has 1 aromatic carbocycles. The van der Waals surface area contributed by atoms with Crippen molar-refractivity contribution in [2.45, 2.75) is 69.4 Å². The Morgan fingerprint density at radius 1 is 1.18 bits per heavy atom. The van der Waals surface area contributed by atoms with Crippen LogP contribution < -0.4 is 21.9 Å². The number of nitrogen functional groups attached to an aromatic ring is 1. The number of amides is 2. The van der Waals surface area contributed by atoms with Crippen molar-refractivity contribution in [3.63, 3.8) is 0 Å². The number of ether oxygens (including phenoxy) is 1. The molecule has 1 aliphatic rings. The zero-order valence-electron chi connectivity index (χ0n) is 26.6. The second kappa shape index (κ2) is 16.8. The lowest BCUT2D eigenvalue weighted by Gasteiger charge is -2.18. The first kappa shape index (κ1) is 35.8. The molecule has 0 aliphatic carbocycles. The Morgan fingerprint density at radius 3 is 2.76 bits per heavy atom. The van der Waals surface area contributed by atoms with Crippen molar-refractivity contribution in [1.29, 1.82) is 0 Å². The first-order valence-corrected chi connectivity index (χ1v) is 17.3. The monoisotopic (exact) mass is 701 g/mol. The van der Waals surface area contributed by atoms with E-state index >= 15 is 0 Å². The Hall–Kier alpha value is -4.45. The minimum atomic E-state index is -4.43. The number of aromatic amines is 2. The third-order valence-corrected chi connectivity index (χ3v) is 8.81. The van der Waals surface area contributed by atoms with Gasteiger partial charge < -0.3 is 36.1 Å². The van der Waals surface area contributed by atoms with Gasteiger partial charge in [-0.15, -0.1) is 0 Å². The quantitative estimate of drug-likeness (QED) is 0.0561. The molecule has 1 fully saturated rings. The number of nitrogens with zero attached hydrogens (tertiary/aromatic N) is 4. The van der Waals surface area contributed by atoms with Gasteiger partial charge in [0.1, 0.15) is 18.4 Å². The van der Waals surface area contributed by atoms with Crippen LogP contribution in [0.15, 0.2) is 54.0 Å². The summed E-state index contributed by atoms with van der Waals surface area (Å²) in [4.78, 5) is 65.1. The van der Waals surface area contributed by atoms with Crippen molar-refractivity contribution in [3.8, 4) is 0 Å². The van der Waals surface area contributed by atoms with Crippen LogP contribution in [-0.2, 0) is 40.8 Å².